The van der Waals surface area contributed by atoms with Gasteiger partial charge in [-0.05, 0) is 26.3 Å². The second kappa shape index (κ2) is 6.12. The van der Waals surface area contributed by atoms with Crippen molar-refractivity contribution in [3.63, 3.8) is 0 Å². The van der Waals surface area contributed by atoms with Gasteiger partial charge in [-0.3, -0.25) is 4.79 Å². The standard InChI is InChI=1S/C14H16F3NO4S/c1-4-21-11(19)9-7-5-13(2,3)22-6-8(7)23-10(9)18-12(20)14(15,16)17/h4-6H2,1-3H3,(H,18,20). The summed E-state index contributed by atoms with van der Waals surface area (Å²) in [5, 5.41) is 1.62. The smallest absolute Gasteiger partial charge is 0.462 e. The van der Waals surface area contributed by atoms with Crippen molar-refractivity contribution in [2.24, 2.45) is 0 Å². The van der Waals surface area contributed by atoms with Gasteiger partial charge in [-0.25, -0.2) is 4.79 Å². The number of carbonyl (C=O) groups excluding carboxylic acids is 2. The van der Waals surface area contributed by atoms with E-state index in [9.17, 15) is 22.8 Å². The highest BCUT2D eigenvalue weighted by Crippen LogP contribution is 2.41. The van der Waals surface area contributed by atoms with Crippen molar-refractivity contribution < 1.29 is 32.2 Å². The van der Waals surface area contributed by atoms with Crippen molar-refractivity contribution in [2.75, 3.05) is 11.9 Å². The normalized spacial score (nSPS) is 16.6. The highest BCUT2D eigenvalue weighted by Gasteiger charge is 2.41. The van der Waals surface area contributed by atoms with Crippen molar-refractivity contribution in [1.29, 1.82) is 0 Å². The predicted octanol–water partition coefficient (Wildman–Crippen LogP) is 3.28. The van der Waals surface area contributed by atoms with Crippen LogP contribution in [0.4, 0.5) is 18.2 Å². The van der Waals surface area contributed by atoms with Crippen LogP contribution in [-0.4, -0.2) is 30.3 Å². The molecule has 1 N–H and O–H groups in total. The molecule has 128 valence electrons. The lowest BCUT2D eigenvalue weighted by Crippen LogP contribution is -2.32. The average molecular weight is 351 g/mol. The number of amides is 1. The lowest BCUT2D eigenvalue weighted by atomic mass is 9.93. The number of hydrogen-bond acceptors (Lipinski definition) is 5. The number of rotatable bonds is 3. The molecule has 1 aliphatic heterocycles. The van der Waals surface area contributed by atoms with Gasteiger partial charge in [-0.1, -0.05) is 0 Å². The quantitative estimate of drug-likeness (QED) is 0.849. The first-order valence-electron chi connectivity index (χ1n) is 6.89. The van der Waals surface area contributed by atoms with Crippen LogP contribution in [0.15, 0.2) is 0 Å². The van der Waals surface area contributed by atoms with E-state index in [0.717, 1.165) is 11.3 Å². The van der Waals surface area contributed by atoms with Gasteiger partial charge < -0.3 is 14.8 Å². The molecular formula is C14H16F3NO4S. The van der Waals surface area contributed by atoms with Crippen LogP contribution in [0.2, 0.25) is 0 Å². The zero-order valence-electron chi connectivity index (χ0n) is 12.8. The fourth-order valence-electron chi connectivity index (χ4n) is 2.23. The van der Waals surface area contributed by atoms with Gasteiger partial charge in [0.25, 0.3) is 0 Å². The predicted molar refractivity (Wildman–Crippen MR) is 77.5 cm³/mol. The Morgan fingerprint density at radius 2 is 2.04 bits per heavy atom. The third-order valence-electron chi connectivity index (χ3n) is 3.25. The van der Waals surface area contributed by atoms with Gasteiger partial charge in [0.2, 0.25) is 0 Å². The van der Waals surface area contributed by atoms with E-state index in [0.29, 0.717) is 16.9 Å². The van der Waals surface area contributed by atoms with E-state index in [4.69, 9.17) is 9.47 Å². The molecular weight excluding hydrogens is 335 g/mol. The summed E-state index contributed by atoms with van der Waals surface area (Å²) in [6.45, 7) is 5.47. The van der Waals surface area contributed by atoms with Gasteiger partial charge >= 0.3 is 18.1 Å². The summed E-state index contributed by atoms with van der Waals surface area (Å²) in [6.07, 6.45) is -4.69. The molecule has 1 amide bonds. The summed E-state index contributed by atoms with van der Waals surface area (Å²) in [5.41, 5.74) is 0.00340. The summed E-state index contributed by atoms with van der Waals surface area (Å²) >= 11 is 0.904. The average Bonchev–Trinajstić information content (AvgIpc) is 2.73. The number of hydrogen-bond donors (Lipinski definition) is 1. The summed E-state index contributed by atoms with van der Waals surface area (Å²) < 4.78 is 47.9. The molecule has 1 aromatic rings. The zero-order chi connectivity index (χ0) is 17.4. The Balaban J connectivity index is 2.44. The van der Waals surface area contributed by atoms with E-state index in [2.05, 4.69) is 0 Å². The Morgan fingerprint density at radius 3 is 2.61 bits per heavy atom. The van der Waals surface area contributed by atoms with Gasteiger partial charge in [0.05, 0.1) is 24.4 Å². The van der Waals surface area contributed by atoms with Gasteiger partial charge in [0, 0.05) is 11.3 Å². The maximum Gasteiger partial charge on any atom is 0.471 e. The number of nitrogens with one attached hydrogen (secondary N) is 1. The molecule has 0 aliphatic carbocycles. The molecule has 5 nitrogen and oxygen atoms in total. The zero-order valence-corrected chi connectivity index (χ0v) is 13.6. The third-order valence-corrected chi connectivity index (χ3v) is 4.37. The Labute approximate surface area is 134 Å². The number of fused-ring (bicyclic) bond motifs is 1. The fraction of sp³-hybridized carbons (Fsp3) is 0.571. The van der Waals surface area contributed by atoms with E-state index in [1.54, 1.807) is 12.2 Å². The number of anilines is 1. The largest absolute Gasteiger partial charge is 0.471 e. The molecule has 2 rings (SSSR count). The van der Waals surface area contributed by atoms with E-state index >= 15 is 0 Å². The lowest BCUT2D eigenvalue weighted by Gasteiger charge is -2.30. The van der Waals surface area contributed by atoms with Gasteiger partial charge in [0.15, 0.2) is 0 Å². The monoisotopic (exact) mass is 351 g/mol. The van der Waals surface area contributed by atoms with Crippen molar-refractivity contribution in [2.45, 2.75) is 45.6 Å². The van der Waals surface area contributed by atoms with Crippen LogP contribution in [0.25, 0.3) is 0 Å². The summed E-state index contributed by atoms with van der Waals surface area (Å²) in [7, 11) is 0. The van der Waals surface area contributed by atoms with E-state index in [1.165, 1.54) is 0 Å². The molecule has 0 bridgehead atoms. The molecule has 9 heteroatoms. The second-order valence-corrected chi connectivity index (χ2v) is 6.71. The Kier molecular flexibility index (Phi) is 4.72. The molecule has 0 radical (unpaired) electrons. The highest BCUT2D eigenvalue weighted by atomic mass is 32.1. The summed E-state index contributed by atoms with van der Waals surface area (Å²) in [5.74, 6) is -2.87. The molecule has 23 heavy (non-hydrogen) atoms. The van der Waals surface area contributed by atoms with Crippen LogP contribution in [0.1, 0.15) is 41.6 Å². The van der Waals surface area contributed by atoms with Crippen LogP contribution in [0.5, 0.6) is 0 Å². The fourth-order valence-corrected chi connectivity index (χ4v) is 3.35. The molecule has 0 fully saturated rings. The maximum absolute atomic E-state index is 12.5. The molecule has 2 heterocycles. The molecule has 0 saturated carbocycles. The van der Waals surface area contributed by atoms with E-state index in [-0.39, 0.29) is 23.8 Å². The van der Waals surface area contributed by atoms with Crippen molar-refractivity contribution in [3.8, 4) is 0 Å². The third kappa shape index (κ3) is 3.84. The first-order chi connectivity index (χ1) is 10.5. The van der Waals surface area contributed by atoms with E-state index in [1.807, 2.05) is 13.8 Å². The van der Waals surface area contributed by atoms with Crippen LogP contribution < -0.4 is 5.32 Å². The van der Waals surface area contributed by atoms with Gasteiger partial charge in [-0.2, -0.15) is 13.2 Å². The highest BCUT2D eigenvalue weighted by molar-refractivity contribution is 7.17. The van der Waals surface area contributed by atoms with Crippen LogP contribution >= 0.6 is 11.3 Å². The number of ether oxygens (including phenoxy) is 2. The van der Waals surface area contributed by atoms with Gasteiger partial charge in [-0.15, -0.1) is 11.3 Å². The molecule has 0 aromatic carbocycles. The van der Waals surface area contributed by atoms with Crippen LogP contribution in [0.3, 0.4) is 0 Å². The Morgan fingerprint density at radius 1 is 1.39 bits per heavy atom. The summed E-state index contributed by atoms with van der Waals surface area (Å²) in [4.78, 5) is 24.0. The molecule has 0 unspecified atom stereocenters. The minimum atomic E-state index is -5.04. The Bertz CT molecular complexity index is 637. The second-order valence-electron chi connectivity index (χ2n) is 5.61. The molecule has 0 spiro atoms. The van der Waals surface area contributed by atoms with E-state index < -0.39 is 23.7 Å². The topological polar surface area (TPSA) is 64.6 Å². The van der Waals surface area contributed by atoms with Crippen molar-refractivity contribution in [3.05, 3.63) is 16.0 Å². The van der Waals surface area contributed by atoms with Crippen LogP contribution in [0, 0.1) is 0 Å². The minimum Gasteiger partial charge on any atom is -0.462 e. The maximum atomic E-state index is 12.5. The number of thiophene rings is 1. The molecule has 1 aliphatic rings. The number of carbonyl (C=O) groups is 2. The minimum absolute atomic E-state index is 0.0131. The van der Waals surface area contributed by atoms with Crippen LogP contribution in [-0.2, 0) is 27.3 Å². The van der Waals surface area contributed by atoms with Crippen molar-refractivity contribution >= 4 is 28.2 Å². The SMILES string of the molecule is CCOC(=O)c1c(NC(=O)C(F)(F)F)sc2c1CC(C)(C)OC2. The first-order valence-corrected chi connectivity index (χ1v) is 7.70. The lowest BCUT2D eigenvalue weighted by molar-refractivity contribution is -0.167. The molecule has 1 aromatic heterocycles. The first kappa shape index (κ1) is 17.7. The molecule has 0 atom stereocenters. The van der Waals surface area contributed by atoms with Crippen molar-refractivity contribution in [1.82, 2.24) is 0 Å². The number of esters is 1. The molecule has 0 saturated heterocycles. The number of alkyl halides is 3. The van der Waals surface area contributed by atoms with Gasteiger partial charge in [0.1, 0.15) is 5.00 Å². The summed E-state index contributed by atoms with van der Waals surface area (Å²) in [6, 6.07) is 0. The Hall–Kier alpha value is -1.61. The number of halogens is 3.